The highest BCUT2D eigenvalue weighted by molar-refractivity contribution is 7.99. The maximum atomic E-state index is 11.4. The highest BCUT2D eigenvalue weighted by Gasteiger charge is 2.23. The fourth-order valence-electron chi connectivity index (χ4n) is 2.17. The van der Waals surface area contributed by atoms with Crippen molar-refractivity contribution in [3.63, 3.8) is 0 Å². The number of thioether (sulfide) groups is 1. The minimum Gasteiger partial charge on any atom is -0.468 e. The van der Waals surface area contributed by atoms with Crippen LogP contribution in [0.3, 0.4) is 0 Å². The number of hydrogen-bond donors (Lipinski definition) is 1. The fraction of sp³-hybridized carbons (Fsp3) is 0.917. The van der Waals surface area contributed by atoms with Crippen LogP contribution in [0.2, 0.25) is 0 Å². The smallest absolute Gasteiger partial charge is 0.323 e. The number of hydrogen-bond acceptors (Lipinski definition) is 4. The predicted octanol–water partition coefficient (Wildman–Crippen LogP) is 2.06. The van der Waals surface area contributed by atoms with E-state index in [2.05, 4.69) is 12.2 Å². The second-order valence-electron chi connectivity index (χ2n) is 4.59. The lowest BCUT2D eigenvalue weighted by molar-refractivity contribution is -0.142. The van der Waals surface area contributed by atoms with Crippen molar-refractivity contribution in [2.75, 3.05) is 19.9 Å². The molecular formula is C12H23NO2S. The van der Waals surface area contributed by atoms with Gasteiger partial charge in [0.2, 0.25) is 0 Å². The van der Waals surface area contributed by atoms with Gasteiger partial charge >= 0.3 is 5.97 Å². The molecule has 0 spiro atoms. The molecule has 1 rings (SSSR count). The van der Waals surface area contributed by atoms with Crippen LogP contribution in [0.5, 0.6) is 0 Å². The van der Waals surface area contributed by atoms with Crippen LogP contribution in [-0.4, -0.2) is 37.2 Å². The van der Waals surface area contributed by atoms with Crippen molar-refractivity contribution in [1.29, 1.82) is 0 Å². The Kier molecular flexibility index (Phi) is 6.21. The van der Waals surface area contributed by atoms with Crippen molar-refractivity contribution < 1.29 is 9.53 Å². The molecule has 0 bridgehead atoms. The van der Waals surface area contributed by atoms with Crippen LogP contribution >= 0.6 is 11.8 Å². The molecule has 3 nitrogen and oxygen atoms in total. The summed E-state index contributed by atoms with van der Waals surface area (Å²) in [4.78, 5) is 11.4. The molecule has 16 heavy (non-hydrogen) atoms. The number of nitrogens with one attached hydrogen (secondary N) is 1. The minimum atomic E-state index is -0.160. The molecule has 0 amide bonds. The number of carbonyl (C=O) groups is 1. The summed E-state index contributed by atoms with van der Waals surface area (Å²) in [6.45, 7) is 2.32. The summed E-state index contributed by atoms with van der Waals surface area (Å²) in [6.07, 6.45) is 5.29. The lowest BCUT2D eigenvalue weighted by atomic mass is 9.91. The van der Waals surface area contributed by atoms with Gasteiger partial charge in [0, 0.05) is 11.0 Å². The van der Waals surface area contributed by atoms with E-state index in [9.17, 15) is 4.79 Å². The highest BCUT2D eigenvalue weighted by Crippen LogP contribution is 2.32. The minimum absolute atomic E-state index is 0.154. The first kappa shape index (κ1) is 13.8. The Bertz CT molecular complexity index is 223. The van der Waals surface area contributed by atoms with Crippen molar-refractivity contribution in [3.05, 3.63) is 0 Å². The van der Waals surface area contributed by atoms with Crippen LogP contribution in [0.4, 0.5) is 0 Å². The number of esters is 1. The fourth-order valence-corrected chi connectivity index (χ4v) is 3.74. The number of ether oxygens (including phenoxy) is 1. The van der Waals surface area contributed by atoms with Gasteiger partial charge in [-0.05, 0) is 25.8 Å². The van der Waals surface area contributed by atoms with Crippen molar-refractivity contribution >= 4 is 17.7 Å². The summed E-state index contributed by atoms with van der Waals surface area (Å²) in [5.74, 6) is 1.51. The Morgan fingerprint density at radius 3 is 2.88 bits per heavy atom. The third-order valence-electron chi connectivity index (χ3n) is 3.22. The van der Waals surface area contributed by atoms with Crippen molar-refractivity contribution in [3.8, 4) is 0 Å². The standard InChI is InChI=1S/C12H23NO2S/c1-9-5-4-6-10(7-9)16-8-11(13-2)12(14)15-3/h9-11,13H,4-8H2,1-3H3. The molecule has 94 valence electrons. The van der Waals surface area contributed by atoms with Crippen molar-refractivity contribution in [1.82, 2.24) is 5.32 Å². The first-order valence-corrected chi connectivity index (χ1v) is 7.09. The van der Waals surface area contributed by atoms with E-state index in [1.54, 1.807) is 0 Å². The number of methoxy groups -OCH3 is 1. The van der Waals surface area contributed by atoms with E-state index in [4.69, 9.17) is 4.74 Å². The quantitative estimate of drug-likeness (QED) is 0.753. The summed E-state index contributed by atoms with van der Waals surface area (Å²) < 4.78 is 4.75. The molecule has 1 saturated carbocycles. The first-order chi connectivity index (χ1) is 7.67. The van der Waals surface area contributed by atoms with E-state index < -0.39 is 0 Å². The van der Waals surface area contributed by atoms with Gasteiger partial charge in [-0.15, -0.1) is 0 Å². The van der Waals surface area contributed by atoms with Crippen LogP contribution in [0.25, 0.3) is 0 Å². The summed E-state index contributed by atoms with van der Waals surface area (Å²) in [7, 11) is 3.26. The van der Waals surface area contributed by atoms with Gasteiger partial charge in [-0.1, -0.05) is 19.8 Å². The zero-order chi connectivity index (χ0) is 12.0. The second-order valence-corrected chi connectivity index (χ2v) is 5.92. The van der Waals surface area contributed by atoms with Gasteiger partial charge in [-0.3, -0.25) is 4.79 Å². The van der Waals surface area contributed by atoms with Gasteiger partial charge in [0.25, 0.3) is 0 Å². The molecule has 4 heteroatoms. The monoisotopic (exact) mass is 245 g/mol. The van der Waals surface area contributed by atoms with Gasteiger partial charge in [0.1, 0.15) is 6.04 Å². The first-order valence-electron chi connectivity index (χ1n) is 6.04. The predicted molar refractivity (Wildman–Crippen MR) is 68.7 cm³/mol. The summed E-state index contributed by atoms with van der Waals surface area (Å²) in [6, 6.07) is -0.160. The SMILES string of the molecule is CNC(CSC1CCCC(C)C1)C(=O)OC. The van der Waals surface area contributed by atoms with Crippen LogP contribution in [-0.2, 0) is 9.53 Å². The Balaban J connectivity index is 2.28. The van der Waals surface area contributed by atoms with Crippen LogP contribution in [0.15, 0.2) is 0 Å². The third-order valence-corrected chi connectivity index (χ3v) is 4.65. The molecule has 0 aliphatic heterocycles. The molecule has 3 unspecified atom stereocenters. The largest absolute Gasteiger partial charge is 0.468 e. The molecule has 1 aliphatic carbocycles. The van der Waals surface area contributed by atoms with Crippen molar-refractivity contribution in [2.24, 2.45) is 5.92 Å². The molecular weight excluding hydrogens is 222 g/mol. The van der Waals surface area contributed by atoms with Gasteiger partial charge in [0.15, 0.2) is 0 Å². The lowest BCUT2D eigenvalue weighted by Crippen LogP contribution is -2.37. The van der Waals surface area contributed by atoms with Gasteiger partial charge in [0.05, 0.1) is 7.11 Å². The molecule has 0 radical (unpaired) electrons. The summed E-state index contributed by atoms with van der Waals surface area (Å²) in [5.41, 5.74) is 0. The van der Waals surface area contributed by atoms with Gasteiger partial charge < -0.3 is 10.1 Å². The molecule has 1 aliphatic rings. The van der Waals surface area contributed by atoms with Crippen LogP contribution in [0.1, 0.15) is 32.6 Å². The zero-order valence-electron chi connectivity index (χ0n) is 10.5. The van der Waals surface area contributed by atoms with E-state index in [0.29, 0.717) is 0 Å². The Hall–Kier alpha value is -0.220. The third kappa shape index (κ3) is 4.34. The van der Waals surface area contributed by atoms with Crippen LogP contribution in [0, 0.1) is 5.92 Å². The molecule has 0 aromatic rings. The van der Waals surface area contributed by atoms with E-state index in [-0.39, 0.29) is 12.0 Å². The molecule has 0 heterocycles. The average molecular weight is 245 g/mol. The highest BCUT2D eigenvalue weighted by atomic mass is 32.2. The number of rotatable bonds is 5. The number of likely N-dealkylation sites (N-methyl/N-ethyl adjacent to an activating group) is 1. The van der Waals surface area contributed by atoms with E-state index >= 15 is 0 Å². The summed E-state index contributed by atoms with van der Waals surface area (Å²) >= 11 is 1.91. The Labute approximate surface area is 103 Å². The molecule has 1 N–H and O–H groups in total. The van der Waals surface area contributed by atoms with Crippen molar-refractivity contribution in [2.45, 2.75) is 43.9 Å². The normalized spacial score (nSPS) is 27.4. The van der Waals surface area contributed by atoms with Gasteiger partial charge in [-0.25, -0.2) is 0 Å². The number of carbonyl (C=O) groups excluding carboxylic acids is 1. The molecule has 0 saturated heterocycles. The van der Waals surface area contributed by atoms with E-state index in [0.717, 1.165) is 16.9 Å². The summed E-state index contributed by atoms with van der Waals surface area (Å²) in [5, 5.41) is 3.73. The second kappa shape index (κ2) is 7.17. The lowest BCUT2D eigenvalue weighted by Gasteiger charge is -2.27. The van der Waals surface area contributed by atoms with E-state index in [1.165, 1.54) is 32.8 Å². The topological polar surface area (TPSA) is 38.3 Å². The van der Waals surface area contributed by atoms with Gasteiger partial charge in [-0.2, -0.15) is 11.8 Å². The maximum absolute atomic E-state index is 11.4. The molecule has 0 aromatic carbocycles. The Morgan fingerprint density at radius 1 is 1.56 bits per heavy atom. The van der Waals surface area contributed by atoms with E-state index in [1.807, 2.05) is 18.8 Å². The average Bonchev–Trinajstić information content (AvgIpc) is 2.29. The van der Waals surface area contributed by atoms with Crippen LogP contribution < -0.4 is 5.32 Å². The zero-order valence-corrected chi connectivity index (χ0v) is 11.3. The Morgan fingerprint density at radius 2 is 2.31 bits per heavy atom. The molecule has 3 atom stereocenters. The molecule has 0 aromatic heterocycles. The molecule has 1 fully saturated rings. The maximum Gasteiger partial charge on any atom is 0.323 e.